The van der Waals surface area contributed by atoms with Crippen molar-refractivity contribution in [2.75, 3.05) is 17.6 Å². The molecule has 0 saturated carbocycles. The lowest BCUT2D eigenvalue weighted by Crippen LogP contribution is -2.10. The first-order valence-corrected chi connectivity index (χ1v) is 6.20. The summed E-state index contributed by atoms with van der Waals surface area (Å²) in [5.41, 5.74) is -4.19. The Balaban J connectivity index is 2.00. The van der Waals surface area contributed by atoms with Crippen LogP contribution in [-0.4, -0.2) is 28.0 Å². The van der Waals surface area contributed by atoms with Crippen LogP contribution in [0.3, 0.4) is 0 Å². The van der Waals surface area contributed by atoms with Crippen molar-refractivity contribution in [1.82, 2.24) is 10.2 Å². The van der Waals surface area contributed by atoms with Crippen molar-refractivity contribution in [3.8, 4) is 0 Å². The Morgan fingerprint density at radius 2 is 2.00 bits per heavy atom. The molecule has 1 aromatic carbocycles. The smallest absolute Gasteiger partial charge is 0.367 e. The minimum absolute atomic E-state index is 0.0525. The predicted octanol–water partition coefficient (Wildman–Crippen LogP) is 3.29. The average Bonchev–Trinajstić information content (AvgIpc) is 2.33. The van der Waals surface area contributed by atoms with Gasteiger partial charge in [-0.25, -0.2) is 0 Å². The number of benzene rings is 1. The van der Waals surface area contributed by atoms with Crippen molar-refractivity contribution in [1.29, 1.82) is 0 Å². The maximum Gasteiger partial charge on any atom is 0.441 e. The van der Waals surface area contributed by atoms with Crippen molar-refractivity contribution in [3.63, 3.8) is 0 Å². The molecule has 2 aromatic rings. The highest BCUT2D eigenvalue weighted by Gasteiger charge is 2.27. The van der Waals surface area contributed by atoms with Gasteiger partial charge < -0.3 is 5.32 Å². The summed E-state index contributed by atoms with van der Waals surface area (Å²) in [5, 5.41) is 12.3. The zero-order valence-corrected chi connectivity index (χ0v) is 10.1. The highest BCUT2D eigenvalue weighted by molar-refractivity contribution is 8.00. The number of nitrogens with zero attached hydrogens (tertiary/aromatic N) is 2. The Morgan fingerprint density at radius 1 is 1.22 bits per heavy atom. The number of rotatable bonds is 4. The molecular weight excluding hydrogens is 263 g/mol. The maximum atomic E-state index is 11.9. The van der Waals surface area contributed by atoms with Gasteiger partial charge in [0.15, 0.2) is 5.82 Å². The summed E-state index contributed by atoms with van der Waals surface area (Å²) >= 11 is -0.0525. The van der Waals surface area contributed by atoms with E-state index in [1.807, 2.05) is 24.3 Å². The summed E-state index contributed by atoms with van der Waals surface area (Å²) in [6, 6.07) is 7.44. The zero-order valence-electron chi connectivity index (χ0n) is 9.24. The van der Waals surface area contributed by atoms with E-state index < -0.39 is 5.51 Å². The normalized spacial score (nSPS) is 11.7. The van der Waals surface area contributed by atoms with Gasteiger partial charge in [0.05, 0.1) is 6.20 Å². The Bertz CT molecular complexity index is 525. The number of anilines is 1. The molecule has 0 unspecified atom stereocenters. The van der Waals surface area contributed by atoms with Crippen molar-refractivity contribution in [3.05, 3.63) is 30.5 Å². The quantitative estimate of drug-likeness (QED) is 0.867. The largest absolute Gasteiger partial charge is 0.441 e. The lowest BCUT2D eigenvalue weighted by atomic mass is 10.2. The van der Waals surface area contributed by atoms with Crippen LogP contribution in [-0.2, 0) is 0 Å². The molecule has 0 radical (unpaired) electrons. The van der Waals surface area contributed by atoms with Crippen LogP contribution in [0.2, 0.25) is 0 Å². The lowest BCUT2D eigenvalue weighted by molar-refractivity contribution is -0.0327. The van der Waals surface area contributed by atoms with E-state index in [0.29, 0.717) is 5.82 Å². The third-order valence-electron chi connectivity index (χ3n) is 2.23. The average molecular weight is 273 g/mol. The standard InChI is InChI=1S/C11H10F3N3S/c12-11(13,14)18-6-5-15-10-9-4-2-1-3-8(9)7-16-17-10/h1-4,7H,5-6H2,(H,15,17). The Labute approximate surface area is 106 Å². The summed E-state index contributed by atoms with van der Waals surface area (Å²) in [6.45, 7) is 0.187. The molecule has 1 heterocycles. The first kappa shape index (κ1) is 12.9. The van der Waals surface area contributed by atoms with Gasteiger partial charge in [-0.15, -0.1) is 5.10 Å². The highest BCUT2D eigenvalue weighted by atomic mass is 32.2. The van der Waals surface area contributed by atoms with Crippen LogP contribution < -0.4 is 5.32 Å². The Hall–Kier alpha value is -1.50. The fourth-order valence-corrected chi connectivity index (χ4v) is 1.93. The molecule has 2 rings (SSSR count). The molecule has 96 valence electrons. The minimum atomic E-state index is -4.19. The molecule has 0 aliphatic carbocycles. The monoisotopic (exact) mass is 273 g/mol. The Morgan fingerprint density at radius 3 is 2.78 bits per heavy atom. The van der Waals surface area contributed by atoms with Crippen LogP contribution in [0.25, 0.3) is 10.8 Å². The van der Waals surface area contributed by atoms with Crippen molar-refractivity contribution in [2.45, 2.75) is 5.51 Å². The molecular formula is C11H10F3N3S. The third kappa shape index (κ3) is 3.49. The summed E-state index contributed by atoms with van der Waals surface area (Å²) in [4.78, 5) is 0. The SMILES string of the molecule is FC(F)(F)SCCNc1nncc2ccccc12. The number of aromatic nitrogens is 2. The molecule has 1 N–H and O–H groups in total. The number of nitrogens with one attached hydrogen (secondary N) is 1. The van der Waals surface area contributed by atoms with Gasteiger partial charge >= 0.3 is 5.51 Å². The summed E-state index contributed by atoms with van der Waals surface area (Å²) < 4.78 is 35.8. The molecule has 0 aliphatic heterocycles. The molecule has 0 aliphatic rings. The van der Waals surface area contributed by atoms with Gasteiger partial charge in [0.25, 0.3) is 0 Å². The van der Waals surface area contributed by atoms with Gasteiger partial charge in [-0.2, -0.15) is 18.3 Å². The molecule has 0 spiro atoms. The van der Waals surface area contributed by atoms with Crippen molar-refractivity contribution >= 4 is 28.4 Å². The fraction of sp³-hybridized carbons (Fsp3) is 0.273. The maximum absolute atomic E-state index is 11.9. The first-order chi connectivity index (χ1) is 8.56. The van der Waals surface area contributed by atoms with Crippen LogP contribution in [0.15, 0.2) is 30.5 Å². The summed E-state index contributed by atoms with van der Waals surface area (Å²) in [6.07, 6.45) is 1.62. The molecule has 7 heteroatoms. The fourth-order valence-electron chi connectivity index (χ4n) is 1.49. The lowest BCUT2D eigenvalue weighted by Gasteiger charge is -2.08. The predicted molar refractivity (Wildman–Crippen MR) is 66.5 cm³/mol. The van der Waals surface area contributed by atoms with Crippen LogP contribution in [0.5, 0.6) is 0 Å². The highest BCUT2D eigenvalue weighted by Crippen LogP contribution is 2.29. The molecule has 3 nitrogen and oxygen atoms in total. The molecule has 1 aromatic heterocycles. The molecule has 0 amide bonds. The zero-order chi connectivity index (χ0) is 13.0. The molecule has 18 heavy (non-hydrogen) atoms. The van der Waals surface area contributed by atoms with E-state index in [9.17, 15) is 13.2 Å². The van der Waals surface area contributed by atoms with Crippen LogP contribution in [0.4, 0.5) is 19.0 Å². The second-order valence-electron chi connectivity index (χ2n) is 3.50. The van der Waals surface area contributed by atoms with E-state index >= 15 is 0 Å². The van der Waals surface area contributed by atoms with E-state index in [4.69, 9.17) is 0 Å². The molecule has 0 saturated heterocycles. The minimum Gasteiger partial charge on any atom is -0.367 e. The number of hydrogen-bond acceptors (Lipinski definition) is 4. The number of halogens is 3. The van der Waals surface area contributed by atoms with E-state index in [-0.39, 0.29) is 24.1 Å². The number of alkyl halides is 3. The van der Waals surface area contributed by atoms with Gasteiger partial charge in [-0.1, -0.05) is 24.3 Å². The first-order valence-electron chi connectivity index (χ1n) is 5.21. The number of hydrogen-bond donors (Lipinski definition) is 1. The summed E-state index contributed by atoms with van der Waals surface area (Å²) in [5.74, 6) is 0.449. The van der Waals surface area contributed by atoms with Crippen LogP contribution in [0.1, 0.15) is 0 Å². The second kappa shape index (κ2) is 5.43. The van der Waals surface area contributed by atoms with Gasteiger partial charge in [0.2, 0.25) is 0 Å². The van der Waals surface area contributed by atoms with E-state index in [1.165, 1.54) is 0 Å². The van der Waals surface area contributed by atoms with Gasteiger partial charge in [-0.3, -0.25) is 0 Å². The van der Waals surface area contributed by atoms with Crippen molar-refractivity contribution in [2.24, 2.45) is 0 Å². The van der Waals surface area contributed by atoms with E-state index in [0.717, 1.165) is 10.8 Å². The third-order valence-corrected chi connectivity index (χ3v) is 2.97. The van der Waals surface area contributed by atoms with Crippen LogP contribution >= 0.6 is 11.8 Å². The van der Waals surface area contributed by atoms with Gasteiger partial charge in [0, 0.05) is 23.1 Å². The topological polar surface area (TPSA) is 37.8 Å². The number of fused-ring (bicyclic) bond motifs is 1. The van der Waals surface area contributed by atoms with Gasteiger partial charge in [-0.05, 0) is 11.8 Å². The van der Waals surface area contributed by atoms with Crippen LogP contribution in [0, 0.1) is 0 Å². The van der Waals surface area contributed by atoms with E-state index in [1.54, 1.807) is 6.20 Å². The molecule has 0 fully saturated rings. The summed E-state index contributed by atoms with van der Waals surface area (Å²) in [7, 11) is 0. The Kier molecular flexibility index (Phi) is 3.90. The number of thioether (sulfide) groups is 1. The van der Waals surface area contributed by atoms with E-state index in [2.05, 4.69) is 15.5 Å². The molecule has 0 atom stereocenters. The second-order valence-corrected chi connectivity index (χ2v) is 4.66. The van der Waals surface area contributed by atoms with Crippen molar-refractivity contribution < 1.29 is 13.2 Å². The molecule has 0 bridgehead atoms. The van der Waals surface area contributed by atoms with Gasteiger partial charge in [0.1, 0.15) is 0 Å².